The fraction of sp³-hybridized carbons (Fsp3) is 0.429. The lowest BCUT2D eigenvalue weighted by atomic mass is 9.89. The molecular weight excluding hydrogens is 313 g/mol. The molecule has 1 aliphatic rings. The van der Waals surface area contributed by atoms with E-state index in [1.807, 2.05) is 32.0 Å². The zero-order valence-corrected chi connectivity index (χ0v) is 13.6. The third kappa shape index (κ3) is 3.48. The summed E-state index contributed by atoms with van der Waals surface area (Å²) in [6.45, 7) is 5.42. The Balaban J connectivity index is 0.00000110. The van der Waals surface area contributed by atoms with Crippen LogP contribution < -0.4 is 10.6 Å². The second-order valence-corrected chi connectivity index (χ2v) is 5.36. The van der Waals surface area contributed by atoms with Crippen LogP contribution in [-0.4, -0.2) is 24.0 Å². The molecule has 21 heavy (non-hydrogen) atoms. The summed E-state index contributed by atoms with van der Waals surface area (Å²) in [6.07, 6.45) is 0.865. The van der Waals surface area contributed by atoms with Crippen LogP contribution in [0.5, 0.6) is 0 Å². The summed E-state index contributed by atoms with van der Waals surface area (Å²) in [4.78, 5) is 16.5. The van der Waals surface area contributed by atoms with E-state index in [4.69, 9.17) is 4.42 Å². The Morgan fingerprint density at radius 1 is 1.43 bits per heavy atom. The number of nitrogens with one attached hydrogen (secondary N) is 2. The first-order chi connectivity index (χ1) is 9.07. The smallest absolute Gasteiger partial charge is 0.231 e. The zero-order valence-electron chi connectivity index (χ0n) is 11.9. The third-order valence-electron chi connectivity index (χ3n) is 3.67. The molecular formula is C14H19Cl2N3O2. The average molecular weight is 332 g/mol. The van der Waals surface area contributed by atoms with Gasteiger partial charge in [-0.15, -0.1) is 24.8 Å². The number of hydrogen-bond donors (Lipinski definition) is 2. The minimum absolute atomic E-state index is 0. The number of oxazole rings is 1. The summed E-state index contributed by atoms with van der Waals surface area (Å²) < 4.78 is 5.41. The fourth-order valence-corrected chi connectivity index (χ4v) is 2.41. The van der Waals surface area contributed by atoms with Gasteiger partial charge in [0.05, 0.1) is 5.41 Å². The summed E-state index contributed by atoms with van der Waals surface area (Å²) >= 11 is 0. The Kier molecular flexibility index (Phi) is 5.61. The molecule has 116 valence electrons. The van der Waals surface area contributed by atoms with Gasteiger partial charge in [0.15, 0.2) is 11.5 Å². The summed E-state index contributed by atoms with van der Waals surface area (Å²) in [5, 5.41) is 6.19. The highest BCUT2D eigenvalue weighted by molar-refractivity contribution is 5.96. The van der Waals surface area contributed by atoms with Crippen LogP contribution >= 0.6 is 24.8 Å². The van der Waals surface area contributed by atoms with Crippen LogP contribution in [0.4, 0.5) is 5.69 Å². The predicted octanol–water partition coefficient (Wildman–Crippen LogP) is 2.92. The van der Waals surface area contributed by atoms with E-state index in [0.29, 0.717) is 5.89 Å². The molecule has 1 fully saturated rings. The molecule has 1 atom stereocenters. The highest BCUT2D eigenvalue weighted by Crippen LogP contribution is 2.27. The Morgan fingerprint density at radius 3 is 2.86 bits per heavy atom. The number of aryl methyl sites for hydroxylation is 1. The molecule has 2 N–H and O–H groups in total. The number of rotatable bonds is 2. The topological polar surface area (TPSA) is 67.2 Å². The molecule has 1 amide bonds. The number of amides is 1. The number of nitrogens with zero attached hydrogens (tertiary/aromatic N) is 1. The minimum Gasteiger partial charge on any atom is -0.441 e. The van der Waals surface area contributed by atoms with E-state index in [0.717, 1.165) is 36.3 Å². The standard InChI is InChI=1S/C14H17N3O2.2ClH/c1-9-16-11-7-10(3-4-12(11)19-9)17-13(18)14(2)5-6-15-8-14;;/h3-4,7,15H,5-6,8H2,1-2H3,(H,17,18);2*1H. The number of anilines is 1. The molecule has 1 unspecified atom stereocenters. The first-order valence-corrected chi connectivity index (χ1v) is 6.46. The van der Waals surface area contributed by atoms with Crippen LogP contribution in [0.2, 0.25) is 0 Å². The van der Waals surface area contributed by atoms with Crippen LogP contribution in [-0.2, 0) is 4.79 Å². The molecule has 1 aromatic heterocycles. The Hall–Kier alpha value is -1.30. The number of aromatic nitrogens is 1. The van der Waals surface area contributed by atoms with Gasteiger partial charge in [-0.25, -0.2) is 4.98 Å². The van der Waals surface area contributed by atoms with Crippen molar-refractivity contribution in [3.63, 3.8) is 0 Å². The lowest BCUT2D eigenvalue weighted by molar-refractivity contribution is -0.123. The van der Waals surface area contributed by atoms with Crippen molar-refractivity contribution in [1.29, 1.82) is 0 Å². The second kappa shape index (κ2) is 6.64. The first kappa shape index (κ1) is 17.8. The fourth-order valence-electron chi connectivity index (χ4n) is 2.41. The molecule has 0 bridgehead atoms. The van der Waals surface area contributed by atoms with Crippen molar-refractivity contribution in [2.24, 2.45) is 5.41 Å². The van der Waals surface area contributed by atoms with Crippen LogP contribution in [0.25, 0.3) is 11.1 Å². The van der Waals surface area contributed by atoms with Gasteiger partial charge in [-0.3, -0.25) is 4.79 Å². The van der Waals surface area contributed by atoms with Crippen molar-refractivity contribution in [2.75, 3.05) is 18.4 Å². The Morgan fingerprint density at radius 2 is 2.19 bits per heavy atom. The number of carbonyl (C=O) groups excluding carboxylic acids is 1. The SMILES string of the molecule is Cc1nc2cc(NC(=O)C3(C)CCNC3)ccc2o1.Cl.Cl. The summed E-state index contributed by atoms with van der Waals surface area (Å²) in [5.74, 6) is 0.683. The largest absolute Gasteiger partial charge is 0.441 e. The van der Waals surface area contributed by atoms with E-state index >= 15 is 0 Å². The van der Waals surface area contributed by atoms with E-state index in [-0.39, 0.29) is 36.1 Å². The van der Waals surface area contributed by atoms with Crippen LogP contribution in [0, 0.1) is 12.3 Å². The normalized spacial score (nSPS) is 20.7. The average Bonchev–Trinajstić information content (AvgIpc) is 2.95. The van der Waals surface area contributed by atoms with E-state index < -0.39 is 0 Å². The van der Waals surface area contributed by atoms with E-state index in [9.17, 15) is 4.79 Å². The maximum atomic E-state index is 12.3. The molecule has 7 heteroatoms. The Labute approximate surface area is 135 Å². The van der Waals surface area contributed by atoms with E-state index in [1.54, 1.807) is 0 Å². The van der Waals surface area contributed by atoms with Crippen molar-refractivity contribution in [1.82, 2.24) is 10.3 Å². The molecule has 3 rings (SSSR count). The lowest BCUT2D eigenvalue weighted by Gasteiger charge is -2.21. The van der Waals surface area contributed by atoms with Gasteiger partial charge >= 0.3 is 0 Å². The molecule has 1 aliphatic heterocycles. The van der Waals surface area contributed by atoms with Gasteiger partial charge < -0.3 is 15.1 Å². The van der Waals surface area contributed by atoms with Crippen molar-refractivity contribution >= 4 is 47.5 Å². The predicted molar refractivity (Wildman–Crippen MR) is 87.5 cm³/mol. The van der Waals surface area contributed by atoms with Gasteiger partial charge in [-0.2, -0.15) is 0 Å². The summed E-state index contributed by atoms with van der Waals surface area (Å²) in [7, 11) is 0. The van der Waals surface area contributed by atoms with Crippen molar-refractivity contribution < 1.29 is 9.21 Å². The number of hydrogen-bond acceptors (Lipinski definition) is 4. The van der Waals surface area contributed by atoms with Gasteiger partial charge in [0.2, 0.25) is 5.91 Å². The second-order valence-electron chi connectivity index (χ2n) is 5.36. The van der Waals surface area contributed by atoms with Gasteiger partial charge in [0, 0.05) is 19.2 Å². The molecule has 1 aromatic carbocycles. The molecule has 2 heterocycles. The maximum absolute atomic E-state index is 12.3. The first-order valence-electron chi connectivity index (χ1n) is 6.46. The number of fused-ring (bicyclic) bond motifs is 1. The van der Waals surface area contributed by atoms with Crippen molar-refractivity contribution in [3.8, 4) is 0 Å². The number of halogens is 2. The maximum Gasteiger partial charge on any atom is 0.231 e. The molecule has 0 spiro atoms. The van der Waals surface area contributed by atoms with Crippen molar-refractivity contribution in [3.05, 3.63) is 24.1 Å². The van der Waals surface area contributed by atoms with E-state index in [2.05, 4.69) is 15.6 Å². The third-order valence-corrected chi connectivity index (χ3v) is 3.67. The monoisotopic (exact) mass is 331 g/mol. The summed E-state index contributed by atoms with van der Waals surface area (Å²) in [5.41, 5.74) is 1.95. The number of carbonyl (C=O) groups is 1. The van der Waals surface area contributed by atoms with Crippen LogP contribution in [0.3, 0.4) is 0 Å². The van der Waals surface area contributed by atoms with Crippen LogP contribution in [0.15, 0.2) is 22.6 Å². The number of benzene rings is 1. The summed E-state index contributed by atoms with van der Waals surface area (Å²) in [6, 6.07) is 5.52. The van der Waals surface area contributed by atoms with Crippen molar-refractivity contribution in [2.45, 2.75) is 20.3 Å². The lowest BCUT2D eigenvalue weighted by Crippen LogP contribution is -2.35. The molecule has 0 saturated carbocycles. The molecule has 5 nitrogen and oxygen atoms in total. The van der Waals surface area contributed by atoms with Crippen LogP contribution in [0.1, 0.15) is 19.2 Å². The highest BCUT2D eigenvalue weighted by Gasteiger charge is 2.36. The van der Waals surface area contributed by atoms with Gasteiger partial charge in [0.1, 0.15) is 5.52 Å². The molecule has 0 radical (unpaired) electrons. The Bertz CT molecular complexity index is 636. The zero-order chi connectivity index (χ0) is 13.5. The highest BCUT2D eigenvalue weighted by atomic mass is 35.5. The molecule has 1 saturated heterocycles. The van der Waals surface area contributed by atoms with Gasteiger partial charge in [-0.05, 0) is 38.1 Å². The van der Waals surface area contributed by atoms with Gasteiger partial charge in [-0.1, -0.05) is 0 Å². The van der Waals surface area contributed by atoms with E-state index in [1.165, 1.54) is 0 Å². The minimum atomic E-state index is -0.325. The van der Waals surface area contributed by atoms with Gasteiger partial charge in [0.25, 0.3) is 0 Å². The molecule has 0 aliphatic carbocycles. The quantitative estimate of drug-likeness (QED) is 0.887. The molecule has 2 aromatic rings.